The summed E-state index contributed by atoms with van der Waals surface area (Å²) < 4.78 is 23.2. The van der Waals surface area contributed by atoms with E-state index in [4.69, 9.17) is 24.0 Å². The number of hydrogen-bond donors (Lipinski definition) is 0. The second-order valence-corrected chi connectivity index (χ2v) is 8.03. The van der Waals surface area contributed by atoms with E-state index in [0.717, 1.165) is 40.5 Å². The van der Waals surface area contributed by atoms with Crippen molar-refractivity contribution in [3.8, 4) is 23.0 Å². The van der Waals surface area contributed by atoms with Crippen LogP contribution in [-0.4, -0.2) is 32.0 Å². The number of rotatable bonds is 5. The second-order valence-electron chi connectivity index (χ2n) is 7.08. The molecule has 3 aromatic rings. The summed E-state index contributed by atoms with van der Waals surface area (Å²) in [5.74, 6) is 2.92. The molecule has 154 valence electrons. The maximum absolute atomic E-state index is 6.52. The lowest BCUT2D eigenvalue weighted by molar-refractivity contribution is -0.0223. The summed E-state index contributed by atoms with van der Waals surface area (Å²) in [7, 11) is 4.97. The Hall–Kier alpha value is -3.19. The van der Waals surface area contributed by atoms with Gasteiger partial charge < -0.3 is 18.9 Å². The molecule has 5 rings (SSSR count). The van der Waals surface area contributed by atoms with E-state index in [-0.39, 0.29) is 6.04 Å². The summed E-state index contributed by atoms with van der Waals surface area (Å²) >= 11 is 1.70. The summed E-state index contributed by atoms with van der Waals surface area (Å²) in [5.41, 5.74) is 2.98. The molecule has 2 atom stereocenters. The monoisotopic (exact) mass is 422 g/mol. The first-order valence-electron chi connectivity index (χ1n) is 9.68. The van der Waals surface area contributed by atoms with Crippen molar-refractivity contribution in [1.29, 1.82) is 0 Å². The number of hydrogen-bond acceptors (Lipinski definition) is 7. The van der Waals surface area contributed by atoms with Gasteiger partial charge in [0.2, 0.25) is 6.23 Å². The van der Waals surface area contributed by atoms with E-state index >= 15 is 0 Å². The van der Waals surface area contributed by atoms with E-state index in [2.05, 4.69) is 23.6 Å². The molecular formula is C23H22N2O4S. The van der Waals surface area contributed by atoms with Gasteiger partial charge in [0.05, 0.1) is 43.5 Å². The van der Waals surface area contributed by atoms with Crippen LogP contribution in [0.2, 0.25) is 0 Å². The summed E-state index contributed by atoms with van der Waals surface area (Å²) in [6.07, 6.45) is 0.327. The van der Waals surface area contributed by atoms with Crippen LogP contribution in [0, 0.1) is 0 Å². The van der Waals surface area contributed by atoms with Gasteiger partial charge in [-0.15, -0.1) is 11.3 Å². The molecule has 7 heteroatoms. The molecule has 0 fully saturated rings. The molecule has 0 amide bonds. The Morgan fingerprint density at radius 2 is 1.83 bits per heavy atom. The van der Waals surface area contributed by atoms with Crippen molar-refractivity contribution in [1.82, 2.24) is 5.01 Å². The number of benzene rings is 2. The number of para-hydroxylation sites is 1. The van der Waals surface area contributed by atoms with Crippen LogP contribution in [0.15, 0.2) is 59.0 Å². The van der Waals surface area contributed by atoms with E-state index in [0.29, 0.717) is 5.75 Å². The van der Waals surface area contributed by atoms with Gasteiger partial charge in [0, 0.05) is 12.0 Å². The highest BCUT2D eigenvalue weighted by Crippen LogP contribution is 2.52. The highest BCUT2D eigenvalue weighted by molar-refractivity contribution is 7.12. The lowest BCUT2D eigenvalue weighted by Gasteiger charge is -2.39. The SMILES string of the molecule is COc1ccc(OC)c([C@H]2Oc3c(OC)cccc3[C@H]3CC(c4cccs4)=NN32)c1. The Morgan fingerprint density at radius 3 is 2.57 bits per heavy atom. The second kappa shape index (κ2) is 7.57. The quantitative estimate of drug-likeness (QED) is 0.578. The Morgan fingerprint density at radius 1 is 0.967 bits per heavy atom. The van der Waals surface area contributed by atoms with Gasteiger partial charge in [-0.3, -0.25) is 0 Å². The zero-order valence-corrected chi connectivity index (χ0v) is 17.8. The summed E-state index contributed by atoms with van der Waals surface area (Å²) in [5, 5.41) is 9.10. The molecule has 0 unspecified atom stereocenters. The number of nitrogens with zero attached hydrogens (tertiary/aromatic N) is 2. The third-order valence-corrected chi connectivity index (χ3v) is 6.43. The number of hydrazone groups is 1. The van der Waals surface area contributed by atoms with E-state index in [1.165, 1.54) is 4.88 Å². The molecule has 3 heterocycles. The molecule has 2 aliphatic heterocycles. The number of fused-ring (bicyclic) bond motifs is 3. The molecule has 0 aliphatic carbocycles. The molecule has 0 spiro atoms. The molecule has 2 aromatic carbocycles. The van der Waals surface area contributed by atoms with E-state index in [1.807, 2.05) is 35.3 Å². The van der Waals surface area contributed by atoms with Gasteiger partial charge in [0.1, 0.15) is 11.5 Å². The standard InChI is InChI=1S/C23H22N2O4S/c1-26-14-9-10-19(27-2)16(12-14)23-25-18(13-17(24-25)21-8-5-11-30-21)15-6-4-7-20(28-3)22(15)29-23/h4-12,18,23H,13H2,1-3H3/t18-,23-/m1/s1. The molecule has 0 saturated heterocycles. The average molecular weight is 423 g/mol. The van der Waals surface area contributed by atoms with Gasteiger partial charge in [-0.25, -0.2) is 5.01 Å². The first-order valence-corrected chi connectivity index (χ1v) is 10.6. The minimum atomic E-state index is -0.471. The van der Waals surface area contributed by atoms with Gasteiger partial charge in [0.15, 0.2) is 11.5 Å². The molecule has 0 N–H and O–H groups in total. The van der Waals surface area contributed by atoms with Crippen molar-refractivity contribution >= 4 is 17.0 Å². The molecule has 0 bridgehead atoms. The van der Waals surface area contributed by atoms with Gasteiger partial charge in [-0.05, 0) is 35.7 Å². The topological polar surface area (TPSA) is 52.5 Å². The lowest BCUT2D eigenvalue weighted by atomic mass is 9.97. The van der Waals surface area contributed by atoms with Crippen LogP contribution in [0.5, 0.6) is 23.0 Å². The first-order chi connectivity index (χ1) is 14.7. The Bertz CT molecular complexity index is 1100. The molecule has 30 heavy (non-hydrogen) atoms. The molecular weight excluding hydrogens is 400 g/mol. The minimum absolute atomic E-state index is 0.0434. The van der Waals surface area contributed by atoms with E-state index in [9.17, 15) is 0 Å². The van der Waals surface area contributed by atoms with Crippen LogP contribution < -0.4 is 18.9 Å². The fourth-order valence-electron chi connectivity index (χ4n) is 4.07. The van der Waals surface area contributed by atoms with Crippen molar-refractivity contribution in [3.63, 3.8) is 0 Å². The predicted octanol–water partition coefficient (Wildman–Crippen LogP) is 5.02. The predicted molar refractivity (Wildman–Crippen MR) is 116 cm³/mol. The zero-order chi connectivity index (χ0) is 20.7. The fraction of sp³-hybridized carbons (Fsp3) is 0.261. The summed E-state index contributed by atoms with van der Waals surface area (Å²) in [6, 6.07) is 15.9. The maximum Gasteiger partial charge on any atom is 0.217 e. The number of ether oxygens (including phenoxy) is 4. The van der Waals surface area contributed by atoms with Gasteiger partial charge >= 0.3 is 0 Å². The first kappa shape index (κ1) is 18.8. The van der Waals surface area contributed by atoms with Crippen molar-refractivity contribution in [2.24, 2.45) is 5.10 Å². The van der Waals surface area contributed by atoms with Crippen LogP contribution in [0.3, 0.4) is 0 Å². The molecule has 2 aliphatic rings. The van der Waals surface area contributed by atoms with Crippen LogP contribution in [0.1, 0.15) is 34.7 Å². The third kappa shape index (κ3) is 2.97. The van der Waals surface area contributed by atoms with Crippen molar-refractivity contribution in [2.75, 3.05) is 21.3 Å². The van der Waals surface area contributed by atoms with Crippen LogP contribution in [0.25, 0.3) is 0 Å². The molecule has 0 radical (unpaired) electrons. The fourth-order valence-corrected chi connectivity index (χ4v) is 4.79. The van der Waals surface area contributed by atoms with E-state index < -0.39 is 6.23 Å². The Kier molecular flexibility index (Phi) is 4.75. The van der Waals surface area contributed by atoms with Gasteiger partial charge in [-0.1, -0.05) is 18.2 Å². The Labute approximate surface area is 179 Å². The number of methoxy groups -OCH3 is 3. The van der Waals surface area contributed by atoms with Crippen molar-refractivity contribution in [3.05, 3.63) is 69.9 Å². The van der Waals surface area contributed by atoms with Gasteiger partial charge in [-0.2, -0.15) is 5.10 Å². The summed E-state index contributed by atoms with van der Waals surface area (Å²) in [4.78, 5) is 1.17. The smallest absolute Gasteiger partial charge is 0.217 e. The third-order valence-electron chi connectivity index (χ3n) is 5.51. The van der Waals surface area contributed by atoms with Crippen LogP contribution >= 0.6 is 11.3 Å². The van der Waals surface area contributed by atoms with Crippen molar-refractivity contribution < 1.29 is 18.9 Å². The van der Waals surface area contributed by atoms with Crippen LogP contribution in [-0.2, 0) is 0 Å². The highest BCUT2D eigenvalue weighted by Gasteiger charge is 2.43. The minimum Gasteiger partial charge on any atom is -0.497 e. The summed E-state index contributed by atoms with van der Waals surface area (Å²) in [6.45, 7) is 0. The maximum atomic E-state index is 6.52. The highest BCUT2D eigenvalue weighted by atomic mass is 32.1. The molecule has 1 aromatic heterocycles. The lowest BCUT2D eigenvalue weighted by Crippen LogP contribution is -2.34. The average Bonchev–Trinajstić information content (AvgIpc) is 3.47. The van der Waals surface area contributed by atoms with Crippen LogP contribution in [0.4, 0.5) is 0 Å². The zero-order valence-electron chi connectivity index (χ0n) is 17.0. The normalized spacial score (nSPS) is 19.4. The van der Waals surface area contributed by atoms with E-state index in [1.54, 1.807) is 32.7 Å². The van der Waals surface area contributed by atoms with Crippen molar-refractivity contribution in [2.45, 2.75) is 18.7 Å². The molecule has 0 saturated carbocycles. The Balaban J connectivity index is 1.67. The van der Waals surface area contributed by atoms with Gasteiger partial charge in [0.25, 0.3) is 0 Å². The number of thiophene rings is 1. The largest absolute Gasteiger partial charge is 0.497 e. The molecule has 6 nitrogen and oxygen atoms in total.